The maximum atomic E-state index is 12.4. The molecule has 162 valence electrons. The summed E-state index contributed by atoms with van der Waals surface area (Å²) in [4.78, 5) is 14.4. The van der Waals surface area contributed by atoms with Crippen molar-refractivity contribution in [2.75, 3.05) is 24.3 Å². The molecule has 1 saturated carbocycles. The van der Waals surface area contributed by atoms with E-state index in [0.29, 0.717) is 24.1 Å². The summed E-state index contributed by atoms with van der Waals surface area (Å²) in [7, 11) is 4.03. The van der Waals surface area contributed by atoms with E-state index >= 15 is 0 Å². The molecule has 0 unspecified atom stereocenters. The second-order valence-electron chi connectivity index (χ2n) is 8.41. The SMILES string of the molecule is CN(C)c1cccc(Nc2ccc(-n3cc(CC(=O)NC4CC4)c4ccccc43)nn2)c1. The summed E-state index contributed by atoms with van der Waals surface area (Å²) in [5, 5.41) is 16.3. The second-order valence-corrected chi connectivity index (χ2v) is 8.41. The van der Waals surface area contributed by atoms with Gasteiger partial charge in [0.15, 0.2) is 11.6 Å². The summed E-state index contributed by atoms with van der Waals surface area (Å²) in [5.41, 5.74) is 4.06. The van der Waals surface area contributed by atoms with Crippen LogP contribution < -0.4 is 15.5 Å². The molecule has 1 amide bonds. The first kappa shape index (κ1) is 20.1. The van der Waals surface area contributed by atoms with Crippen LogP contribution in [0, 0.1) is 0 Å². The number of anilines is 3. The van der Waals surface area contributed by atoms with Gasteiger partial charge in [0.1, 0.15) is 0 Å². The molecule has 0 radical (unpaired) electrons. The smallest absolute Gasteiger partial charge is 0.224 e. The Kier molecular flexibility index (Phi) is 5.23. The first-order chi connectivity index (χ1) is 15.6. The fourth-order valence-corrected chi connectivity index (χ4v) is 3.79. The number of carbonyl (C=O) groups is 1. The van der Waals surface area contributed by atoms with Crippen molar-refractivity contribution in [2.45, 2.75) is 25.3 Å². The van der Waals surface area contributed by atoms with Crippen molar-refractivity contribution >= 4 is 34.0 Å². The van der Waals surface area contributed by atoms with Gasteiger partial charge in [0.05, 0.1) is 11.9 Å². The van der Waals surface area contributed by atoms with Crippen LogP contribution in [0.5, 0.6) is 0 Å². The van der Waals surface area contributed by atoms with E-state index < -0.39 is 0 Å². The number of hydrogen-bond donors (Lipinski definition) is 2. The molecule has 4 aromatic rings. The summed E-state index contributed by atoms with van der Waals surface area (Å²) in [6.45, 7) is 0. The number of fused-ring (bicyclic) bond motifs is 1. The molecule has 5 rings (SSSR count). The Labute approximate surface area is 187 Å². The highest BCUT2D eigenvalue weighted by atomic mass is 16.1. The molecule has 0 saturated heterocycles. The van der Waals surface area contributed by atoms with Crippen LogP contribution in [0.3, 0.4) is 0 Å². The number of carbonyl (C=O) groups excluding carboxylic acids is 1. The fraction of sp³-hybridized carbons (Fsp3) is 0.240. The van der Waals surface area contributed by atoms with E-state index in [0.717, 1.165) is 40.7 Å². The highest BCUT2D eigenvalue weighted by Gasteiger charge is 2.24. The van der Waals surface area contributed by atoms with Gasteiger partial charge >= 0.3 is 0 Å². The van der Waals surface area contributed by atoms with Crippen molar-refractivity contribution in [3.63, 3.8) is 0 Å². The number of aromatic nitrogens is 3. The highest BCUT2D eigenvalue weighted by molar-refractivity contribution is 5.90. The molecular weight excluding hydrogens is 400 g/mol. The normalized spacial score (nSPS) is 13.2. The number of benzene rings is 2. The first-order valence-corrected chi connectivity index (χ1v) is 10.8. The van der Waals surface area contributed by atoms with E-state index in [4.69, 9.17) is 0 Å². The predicted octanol–water partition coefficient (Wildman–Crippen LogP) is 4.05. The van der Waals surface area contributed by atoms with Crippen LogP contribution in [-0.2, 0) is 11.2 Å². The average molecular weight is 427 g/mol. The molecule has 7 heteroatoms. The van der Waals surface area contributed by atoms with E-state index in [2.05, 4.69) is 37.9 Å². The van der Waals surface area contributed by atoms with Crippen LogP contribution in [0.1, 0.15) is 18.4 Å². The van der Waals surface area contributed by atoms with Crippen molar-refractivity contribution in [1.82, 2.24) is 20.1 Å². The average Bonchev–Trinajstić information content (AvgIpc) is 3.54. The molecule has 2 aromatic heterocycles. The van der Waals surface area contributed by atoms with Crippen molar-refractivity contribution in [1.29, 1.82) is 0 Å². The molecule has 2 aromatic carbocycles. The minimum Gasteiger partial charge on any atom is -0.378 e. The number of nitrogens with zero attached hydrogens (tertiary/aromatic N) is 4. The third-order valence-corrected chi connectivity index (χ3v) is 5.62. The van der Waals surface area contributed by atoms with Crippen molar-refractivity contribution in [3.05, 3.63) is 72.4 Å². The van der Waals surface area contributed by atoms with Crippen LogP contribution in [-0.4, -0.2) is 40.8 Å². The summed E-state index contributed by atoms with van der Waals surface area (Å²) in [6.07, 6.45) is 4.53. The van der Waals surface area contributed by atoms with Crippen LogP contribution >= 0.6 is 0 Å². The zero-order valence-electron chi connectivity index (χ0n) is 18.2. The Bertz CT molecular complexity index is 1260. The topological polar surface area (TPSA) is 75.1 Å². The maximum Gasteiger partial charge on any atom is 0.224 e. The predicted molar refractivity (Wildman–Crippen MR) is 128 cm³/mol. The van der Waals surface area contributed by atoms with Gasteiger partial charge in [0, 0.05) is 43.1 Å². The number of para-hydroxylation sites is 1. The van der Waals surface area contributed by atoms with Gasteiger partial charge < -0.3 is 15.5 Å². The Morgan fingerprint density at radius 1 is 1.06 bits per heavy atom. The molecule has 0 spiro atoms. The standard InChI is InChI=1S/C25H26N6O/c1-30(2)20-7-5-6-19(15-20)26-23-12-13-24(29-28-23)31-16-17(14-25(32)27-18-10-11-18)21-8-3-4-9-22(21)31/h3-9,12-13,15-16,18H,10-11,14H2,1-2H3,(H,26,28)(H,27,32). The lowest BCUT2D eigenvalue weighted by atomic mass is 10.1. The zero-order valence-corrected chi connectivity index (χ0v) is 18.2. The van der Waals surface area contributed by atoms with Gasteiger partial charge in [0.25, 0.3) is 0 Å². The summed E-state index contributed by atoms with van der Waals surface area (Å²) in [6, 6.07) is 20.4. The van der Waals surface area contributed by atoms with Crippen molar-refractivity contribution in [2.24, 2.45) is 0 Å². The molecule has 1 fully saturated rings. The Morgan fingerprint density at radius 3 is 2.66 bits per heavy atom. The monoisotopic (exact) mass is 426 g/mol. The van der Waals surface area contributed by atoms with Gasteiger partial charge in [-0.25, -0.2) is 0 Å². The lowest BCUT2D eigenvalue weighted by Crippen LogP contribution is -2.26. The Hall–Kier alpha value is -3.87. The van der Waals surface area contributed by atoms with Gasteiger partial charge in [-0.2, -0.15) is 0 Å². The second kappa shape index (κ2) is 8.34. The maximum absolute atomic E-state index is 12.4. The summed E-state index contributed by atoms with van der Waals surface area (Å²) < 4.78 is 2.00. The number of hydrogen-bond acceptors (Lipinski definition) is 5. The molecular formula is C25H26N6O. The zero-order chi connectivity index (χ0) is 22.1. The van der Waals surface area contributed by atoms with E-state index in [1.54, 1.807) is 0 Å². The molecule has 1 aliphatic carbocycles. The molecule has 2 heterocycles. The summed E-state index contributed by atoms with van der Waals surface area (Å²) >= 11 is 0. The third-order valence-electron chi connectivity index (χ3n) is 5.62. The first-order valence-electron chi connectivity index (χ1n) is 10.8. The Morgan fingerprint density at radius 2 is 1.91 bits per heavy atom. The molecule has 32 heavy (non-hydrogen) atoms. The summed E-state index contributed by atoms with van der Waals surface area (Å²) in [5.74, 6) is 1.45. The van der Waals surface area contributed by atoms with Crippen LogP contribution in [0.2, 0.25) is 0 Å². The van der Waals surface area contributed by atoms with Crippen molar-refractivity contribution in [3.8, 4) is 5.82 Å². The van der Waals surface area contributed by atoms with E-state index in [1.807, 2.05) is 73.4 Å². The molecule has 2 N–H and O–H groups in total. The fourth-order valence-electron chi connectivity index (χ4n) is 3.79. The quantitative estimate of drug-likeness (QED) is 0.466. The van der Waals surface area contributed by atoms with Gasteiger partial charge in [0.2, 0.25) is 5.91 Å². The van der Waals surface area contributed by atoms with E-state index in [9.17, 15) is 4.79 Å². The van der Waals surface area contributed by atoms with Gasteiger partial charge in [-0.15, -0.1) is 10.2 Å². The molecule has 0 aliphatic heterocycles. The molecule has 0 atom stereocenters. The van der Waals surface area contributed by atoms with Gasteiger partial charge in [-0.1, -0.05) is 24.3 Å². The lowest BCUT2D eigenvalue weighted by Gasteiger charge is -2.14. The van der Waals surface area contributed by atoms with Crippen LogP contribution in [0.25, 0.3) is 16.7 Å². The molecule has 0 bridgehead atoms. The minimum atomic E-state index is 0.0704. The number of nitrogens with one attached hydrogen (secondary N) is 2. The largest absolute Gasteiger partial charge is 0.378 e. The van der Waals surface area contributed by atoms with E-state index in [-0.39, 0.29) is 5.91 Å². The number of rotatable bonds is 7. The molecule has 1 aliphatic rings. The third kappa shape index (κ3) is 4.27. The minimum absolute atomic E-state index is 0.0704. The Balaban J connectivity index is 1.39. The number of amides is 1. The van der Waals surface area contributed by atoms with Crippen molar-refractivity contribution < 1.29 is 4.79 Å². The van der Waals surface area contributed by atoms with Crippen LogP contribution in [0.15, 0.2) is 66.9 Å². The van der Waals surface area contributed by atoms with E-state index in [1.165, 1.54) is 0 Å². The van der Waals surface area contributed by atoms with Gasteiger partial charge in [-0.05, 0) is 54.8 Å². The van der Waals surface area contributed by atoms with Crippen LogP contribution in [0.4, 0.5) is 17.2 Å². The van der Waals surface area contributed by atoms with Gasteiger partial charge in [-0.3, -0.25) is 9.36 Å². The molecule has 7 nitrogen and oxygen atoms in total. The highest BCUT2D eigenvalue weighted by Crippen LogP contribution is 2.26. The lowest BCUT2D eigenvalue weighted by molar-refractivity contribution is -0.120.